The zero-order valence-electron chi connectivity index (χ0n) is 18.3. The third kappa shape index (κ3) is 4.63. The molecule has 0 bridgehead atoms. The molecule has 3 atom stereocenters. The number of nitrogens with one attached hydrogen (secondary N) is 2. The van der Waals surface area contributed by atoms with Crippen molar-refractivity contribution in [3.8, 4) is 0 Å². The number of halogens is 1. The fraction of sp³-hybridized carbons (Fsp3) is 0.591. The molecule has 1 aliphatic carbocycles. The first-order valence-electron chi connectivity index (χ1n) is 10.9. The molecule has 1 saturated carbocycles. The highest BCUT2D eigenvalue weighted by molar-refractivity contribution is 7.88. The van der Waals surface area contributed by atoms with Crippen LogP contribution in [0.5, 0.6) is 0 Å². The molecule has 4 rings (SSSR count). The van der Waals surface area contributed by atoms with E-state index in [1.165, 1.54) is 16.6 Å². The number of sulfonamides is 1. The Morgan fingerprint density at radius 1 is 1.29 bits per heavy atom. The second kappa shape index (κ2) is 8.52. The minimum absolute atomic E-state index is 0.00875. The minimum Gasteiger partial charge on any atom is -0.350 e. The number of aromatic amines is 1. The summed E-state index contributed by atoms with van der Waals surface area (Å²) in [5, 5.41) is 3.56. The maximum absolute atomic E-state index is 14.1. The Morgan fingerprint density at radius 2 is 2.06 bits per heavy atom. The van der Waals surface area contributed by atoms with Crippen molar-refractivity contribution in [1.82, 2.24) is 19.5 Å². The third-order valence-electron chi connectivity index (χ3n) is 6.92. The SMILES string of the molecule is Cc1ccc(F)c2cc(C(=O)N[C@@H]3CCC[C@H](N4CC[C@@H](N(C)S(C)(=O)=O)C4)C3)[nH]c12. The Balaban J connectivity index is 1.39. The first kappa shape index (κ1) is 22.2. The topological polar surface area (TPSA) is 85.5 Å². The highest BCUT2D eigenvalue weighted by Gasteiger charge is 2.35. The molecule has 1 saturated heterocycles. The Kier molecular flexibility index (Phi) is 6.11. The van der Waals surface area contributed by atoms with Crippen molar-refractivity contribution in [3.05, 3.63) is 35.3 Å². The number of nitrogens with zero attached hydrogens (tertiary/aromatic N) is 2. The summed E-state index contributed by atoms with van der Waals surface area (Å²) in [4.78, 5) is 18.3. The van der Waals surface area contributed by atoms with Crippen molar-refractivity contribution < 1.29 is 17.6 Å². The van der Waals surface area contributed by atoms with Gasteiger partial charge < -0.3 is 10.3 Å². The minimum atomic E-state index is -3.20. The number of hydrogen-bond acceptors (Lipinski definition) is 4. The Bertz CT molecular complexity index is 1040. The van der Waals surface area contributed by atoms with Gasteiger partial charge in [-0.1, -0.05) is 6.07 Å². The molecule has 170 valence electrons. The van der Waals surface area contributed by atoms with Crippen molar-refractivity contribution in [2.24, 2.45) is 0 Å². The lowest BCUT2D eigenvalue weighted by molar-refractivity contribution is 0.0898. The molecule has 2 N–H and O–H groups in total. The predicted molar refractivity (Wildman–Crippen MR) is 119 cm³/mol. The van der Waals surface area contributed by atoms with E-state index in [9.17, 15) is 17.6 Å². The quantitative estimate of drug-likeness (QED) is 0.733. The van der Waals surface area contributed by atoms with E-state index < -0.39 is 10.0 Å². The van der Waals surface area contributed by atoms with Gasteiger partial charge in [0.15, 0.2) is 0 Å². The van der Waals surface area contributed by atoms with Crippen molar-refractivity contribution in [2.45, 2.75) is 57.2 Å². The number of likely N-dealkylation sites (tertiary alicyclic amines) is 1. The van der Waals surface area contributed by atoms with Crippen LogP contribution in [0.1, 0.15) is 48.2 Å². The van der Waals surface area contributed by atoms with Gasteiger partial charge in [0, 0.05) is 43.6 Å². The molecular weight excluding hydrogens is 419 g/mol. The number of benzene rings is 1. The van der Waals surface area contributed by atoms with E-state index in [1.807, 2.05) is 6.92 Å². The van der Waals surface area contributed by atoms with E-state index in [4.69, 9.17) is 0 Å². The molecule has 0 unspecified atom stereocenters. The summed E-state index contributed by atoms with van der Waals surface area (Å²) in [6.07, 6.45) is 5.90. The molecule has 2 aromatic rings. The summed E-state index contributed by atoms with van der Waals surface area (Å²) < 4.78 is 39.3. The lowest BCUT2D eigenvalue weighted by Gasteiger charge is -2.36. The molecule has 2 fully saturated rings. The maximum Gasteiger partial charge on any atom is 0.267 e. The van der Waals surface area contributed by atoms with Gasteiger partial charge in [0.25, 0.3) is 5.91 Å². The van der Waals surface area contributed by atoms with Gasteiger partial charge in [-0.3, -0.25) is 9.69 Å². The van der Waals surface area contributed by atoms with E-state index in [-0.39, 0.29) is 23.8 Å². The summed E-state index contributed by atoms with van der Waals surface area (Å²) in [6, 6.07) is 5.10. The number of carbonyl (C=O) groups is 1. The van der Waals surface area contributed by atoms with Gasteiger partial charge in [-0.2, -0.15) is 0 Å². The number of fused-ring (bicyclic) bond motifs is 1. The number of likely N-dealkylation sites (N-methyl/N-ethyl adjacent to an activating group) is 1. The second-order valence-corrected chi connectivity index (χ2v) is 11.1. The van der Waals surface area contributed by atoms with Crippen LogP contribution < -0.4 is 5.32 Å². The molecule has 0 spiro atoms. The van der Waals surface area contributed by atoms with Gasteiger partial charge in [0.05, 0.1) is 11.8 Å². The Hall–Kier alpha value is -1.97. The second-order valence-electron chi connectivity index (χ2n) is 9.04. The number of hydrogen-bond donors (Lipinski definition) is 2. The van der Waals surface area contributed by atoms with Crippen molar-refractivity contribution >= 4 is 26.8 Å². The standard InChI is InChI=1S/C22H31FN4O3S/c1-14-7-8-19(23)18-12-20(25-21(14)18)22(28)24-15-5-4-6-16(11-15)27-10-9-17(13-27)26(2)31(3,29)30/h7-8,12,15-17,25H,4-6,9-11,13H2,1-3H3,(H,24,28)/t15-,16+,17-/m1/s1. The monoisotopic (exact) mass is 450 g/mol. The molecule has 2 aliphatic rings. The van der Waals surface area contributed by atoms with Crippen LogP contribution in [0.2, 0.25) is 0 Å². The van der Waals surface area contributed by atoms with Crippen LogP contribution in [-0.2, 0) is 10.0 Å². The number of rotatable bonds is 5. The van der Waals surface area contributed by atoms with Crippen LogP contribution in [0.3, 0.4) is 0 Å². The first-order chi connectivity index (χ1) is 14.6. The lowest BCUT2D eigenvalue weighted by atomic mass is 9.90. The maximum atomic E-state index is 14.1. The Morgan fingerprint density at radius 3 is 2.77 bits per heavy atom. The number of aromatic nitrogens is 1. The molecule has 1 amide bonds. The largest absolute Gasteiger partial charge is 0.350 e. The number of aryl methyl sites for hydroxylation is 1. The smallest absolute Gasteiger partial charge is 0.267 e. The van der Waals surface area contributed by atoms with E-state index >= 15 is 0 Å². The van der Waals surface area contributed by atoms with Gasteiger partial charge >= 0.3 is 0 Å². The average Bonchev–Trinajstić information content (AvgIpc) is 3.38. The zero-order valence-corrected chi connectivity index (χ0v) is 19.1. The summed E-state index contributed by atoms with van der Waals surface area (Å²) in [5.74, 6) is -0.548. The molecule has 1 aromatic carbocycles. The lowest BCUT2D eigenvalue weighted by Crippen LogP contribution is -2.46. The molecule has 9 heteroatoms. The van der Waals surface area contributed by atoms with Crippen LogP contribution in [0, 0.1) is 12.7 Å². The van der Waals surface area contributed by atoms with Crippen molar-refractivity contribution in [3.63, 3.8) is 0 Å². The summed E-state index contributed by atoms with van der Waals surface area (Å²) in [6.45, 7) is 3.49. The van der Waals surface area contributed by atoms with Gasteiger partial charge in [0.2, 0.25) is 10.0 Å². The molecule has 1 aliphatic heterocycles. The normalized spacial score (nSPS) is 25.4. The van der Waals surface area contributed by atoms with E-state index in [2.05, 4.69) is 15.2 Å². The average molecular weight is 451 g/mol. The van der Waals surface area contributed by atoms with Crippen LogP contribution in [0.4, 0.5) is 4.39 Å². The number of H-pyrrole nitrogens is 1. The van der Waals surface area contributed by atoms with E-state index in [1.54, 1.807) is 19.2 Å². The van der Waals surface area contributed by atoms with Crippen LogP contribution >= 0.6 is 0 Å². The third-order valence-corrected chi connectivity index (χ3v) is 8.27. The van der Waals surface area contributed by atoms with Gasteiger partial charge in [-0.25, -0.2) is 17.1 Å². The van der Waals surface area contributed by atoms with Crippen molar-refractivity contribution in [2.75, 3.05) is 26.4 Å². The van der Waals surface area contributed by atoms with Gasteiger partial charge in [0.1, 0.15) is 11.5 Å². The first-order valence-corrected chi connectivity index (χ1v) is 12.7. The van der Waals surface area contributed by atoms with Gasteiger partial charge in [-0.05, 0) is 56.7 Å². The summed E-state index contributed by atoms with van der Waals surface area (Å²) in [7, 11) is -1.54. The number of amides is 1. The van der Waals surface area contributed by atoms with Gasteiger partial charge in [-0.15, -0.1) is 0 Å². The molecule has 7 nitrogen and oxygen atoms in total. The van der Waals surface area contributed by atoms with Crippen LogP contribution in [0.25, 0.3) is 10.9 Å². The van der Waals surface area contributed by atoms with E-state index in [0.29, 0.717) is 22.6 Å². The molecule has 31 heavy (non-hydrogen) atoms. The molecule has 2 heterocycles. The van der Waals surface area contributed by atoms with Crippen molar-refractivity contribution in [1.29, 1.82) is 0 Å². The zero-order chi connectivity index (χ0) is 22.3. The molecular formula is C22H31FN4O3S. The fourth-order valence-corrected chi connectivity index (χ4v) is 5.72. The highest BCUT2D eigenvalue weighted by Crippen LogP contribution is 2.28. The summed E-state index contributed by atoms with van der Waals surface area (Å²) >= 11 is 0. The fourth-order valence-electron chi connectivity index (χ4n) is 5.00. The molecule has 0 radical (unpaired) electrons. The highest BCUT2D eigenvalue weighted by atomic mass is 32.2. The summed E-state index contributed by atoms with van der Waals surface area (Å²) in [5.41, 5.74) is 1.93. The van der Waals surface area contributed by atoms with Crippen LogP contribution in [0.15, 0.2) is 18.2 Å². The Labute approximate surface area is 183 Å². The number of carbonyl (C=O) groups excluding carboxylic acids is 1. The van der Waals surface area contributed by atoms with E-state index in [0.717, 1.165) is 50.8 Å². The molecule has 1 aromatic heterocycles. The van der Waals surface area contributed by atoms with Crippen LogP contribution in [-0.4, -0.2) is 73.0 Å². The predicted octanol–water partition coefficient (Wildman–Crippen LogP) is 2.62.